The maximum Gasteiger partial charge on any atom is 0.416 e. The molecule has 0 radical (unpaired) electrons. The standard InChI is InChI=1S/C31H33F3N4O4/c1-2-41-30(40)23-6-5-14-38(18-23)29(39)27-20-42-28(36-27)19-37(17-21-9-11-24(12-10-21)31(32,33)34)15-13-22-16-35-26-8-4-3-7-25(22)26/h3-4,7-12,16,20,23,35H,2,5-6,13-15,17-19H2,1H3/t23-/m1/s1. The fourth-order valence-electron chi connectivity index (χ4n) is 5.34. The van der Waals surface area contributed by atoms with Crippen LogP contribution >= 0.6 is 0 Å². The lowest BCUT2D eigenvalue weighted by Gasteiger charge is -2.30. The SMILES string of the molecule is CCOC(=O)[C@@H]1CCCN(C(=O)c2coc(CN(CCc3c[nH]c4ccccc34)Cc3ccc(C(F)(F)F)cc3)n2)C1. The number of oxazole rings is 1. The molecule has 1 aliphatic heterocycles. The van der Waals surface area contributed by atoms with Gasteiger partial charge < -0.3 is 19.0 Å². The van der Waals surface area contributed by atoms with Crippen molar-refractivity contribution in [3.63, 3.8) is 0 Å². The zero-order valence-electron chi connectivity index (χ0n) is 23.3. The third kappa shape index (κ3) is 7.02. The number of amides is 1. The number of ether oxygens (including phenoxy) is 1. The number of halogens is 3. The summed E-state index contributed by atoms with van der Waals surface area (Å²) in [7, 11) is 0. The van der Waals surface area contributed by atoms with Gasteiger partial charge in [-0.05, 0) is 55.5 Å². The van der Waals surface area contributed by atoms with Gasteiger partial charge in [-0.1, -0.05) is 30.3 Å². The number of carbonyl (C=O) groups excluding carboxylic acids is 2. The van der Waals surface area contributed by atoms with E-state index in [0.717, 1.165) is 28.6 Å². The molecule has 4 aromatic rings. The van der Waals surface area contributed by atoms with E-state index in [4.69, 9.17) is 9.15 Å². The second kappa shape index (κ2) is 12.8. The first kappa shape index (κ1) is 29.4. The van der Waals surface area contributed by atoms with Gasteiger partial charge in [0, 0.05) is 43.3 Å². The highest BCUT2D eigenvalue weighted by Gasteiger charge is 2.32. The van der Waals surface area contributed by atoms with Gasteiger partial charge in [0.1, 0.15) is 6.26 Å². The predicted octanol–water partition coefficient (Wildman–Crippen LogP) is 5.83. The number of aromatic nitrogens is 2. The van der Waals surface area contributed by atoms with E-state index in [1.165, 1.54) is 18.4 Å². The number of nitrogens with one attached hydrogen (secondary N) is 1. The van der Waals surface area contributed by atoms with Gasteiger partial charge in [0.2, 0.25) is 5.89 Å². The first-order chi connectivity index (χ1) is 20.2. The normalized spacial score (nSPS) is 15.8. The molecule has 3 heterocycles. The Hall–Kier alpha value is -4.12. The monoisotopic (exact) mass is 582 g/mol. The zero-order chi connectivity index (χ0) is 29.7. The van der Waals surface area contributed by atoms with Crippen molar-refractivity contribution in [3.8, 4) is 0 Å². The molecule has 0 saturated carbocycles. The molecule has 1 aliphatic rings. The molecule has 11 heteroatoms. The van der Waals surface area contributed by atoms with Crippen LogP contribution in [0.4, 0.5) is 13.2 Å². The molecular formula is C31H33F3N4O4. The number of rotatable bonds is 10. The number of aromatic amines is 1. The molecule has 0 bridgehead atoms. The van der Waals surface area contributed by atoms with Crippen molar-refractivity contribution in [1.29, 1.82) is 0 Å². The average Bonchev–Trinajstić information content (AvgIpc) is 3.63. The number of alkyl halides is 3. The van der Waals surface area contributed by atoms with Crippen molar-refractivity contribution >= 4 is 22.8 Å². The van der Waals surface area contributed by atoms with Gasteiger partial charge in [-0.3, -0.25) is 14.5 Å². The van der Waals surface area contributed by atoms with Crippen molar-refractivity contribution in [2.45, 2.75) is 45.5 Å². The van der Waals surface area contributed by atoms with Gasteiger partial charge in [0.25, 0.3) is 5.91 Å². The van der Waals surface area contributed by atoms with Crippen LogP contribution in [-0.2, 0) is 35.2 Å². The summed E-state index contributed by atoms with van der Waals surface area (Å²) in [4.78, 5) is 36.7. The molecule has 8 nitrogen and oxygen atoms in total. The number of nitrogens with zero attached hydrogens (tertiary/aromatic N) is 3. The van der Waals surface area contributed by atoms with Crippen LogP contribution in [0.1, 0.15) is 52.8 Å². The summed E-state index contributed by atoms with van der Waals surface area (Å²) in [5.41, 5.74) is 2.31. The molecule has 0 spiro atoms. The largest absolute Gasteiger partial charge is 0.466 e. The van der Waals surface area contributed by atoms with E-state index < -0.39 is 11.7 Å². The van der Waals surface area contributed by atoms with Crippen LogP contribution in [-0.4, -0.2) is 57.9 Å². The number of piperidine rings is 1. The Labute approximate surface area is 241 Å². The van der Waals surface area contributed by atoms with E-state index >= 15 is 0 Å². The van der Waals surface area contributed by atoms with E-state index in [1.54, 1.807) is 11.8 Å². The van der Waals surface area contributed by atoms with Crippen molar-refractivity contribution in [2.75, 3.05) is 26.2 Å². The topological polar surface area (TPSA) is 91.7 Å². The number of benzene rings is 2. The van der Waals surface area contributed by atoms with Gasteiger partial charge in [-0.25, -0.2) is 4.98 Å². The molecule has 0 unspecified atom stereocenters. The summed E-state index contributed by atoms with van der Waals surface area (Å²) in [6.45, 7) is 4.01. The van der Waals surface area contributed by atoms with Crippen LogP contribution in [0, 0.1) is 5.92 Å². The molecule has 0 aliphatic carbocycles. The molecule has 222 valence electrons. The van der Waals surface area contributed by atoms with Crippen molar-refractivity contribution in [1.82, 2.24) is 19.8 Å². The highest BCUT2D eigenvalue weighted by molar-refractivity contribution is 5.92. The number of fused-ring (bicyclic) bond motifs is 1. The van der Waals surface area contributed by atoms with E-state index in [1.807, 2.05) is 35.4 Å². The fraction of sp³-hybridized carbons (Fsp3) is 0.387. The molecule has 1 amide bonds. The molecule has 1 atom stereocenters. The Balaban J connectivity index is 1.29. The van der Waals surface area contributed by atoms with Crippen LogP contribution in [0.25, 0.3) is 10.9 Å². The molecule has 2 aromatic carbocycles. The summed E-state index contributed by atoms with van der Waals surface area (Å²) in [5, 5.41) is 1.11. The smallest absolute Gasteiger partial charge is 0.416 e. The second-order valence-electron chi connectivity index (χ2n) is 10.5. The molecule has 1 saturated heterocycles. The van der Waals surface area contributed by atoms with E-state index in [2.05, 4.69) is 9.97 Å². The van der Waals surface area contributed by atoms with Crippen LogP contribution in [0.15, 0.2) is 65.4 Å². The Morgan fingerprint density at radius 1 is 1.14 bits per heavy atom. The summed E-state index contributed by atoms with van der Waals surface area (Å²) in [6.07, 6.45) is 0.919. The lowest BCUT2D eigenvalue weighted by atomic mass is 9.98. The van der Waals surface area contributed by atoms with Gasteiger partial charge in [-0.15, -0.1) is 0 Å². The highest BCUT2D eigenvalue weighted by Crippen LogP contribution is 2.29. The number of esters is 1. The van der Waals surface area contributed by atoms with Crippen LogP contribution < -0.4 is 0 Å². The van der Waals surface area contributed by atoms with Gasteiger partial charge >= 0.3 is 12.1 Å². The van der Waals surface area contributed by atoms with E-state index in [0.29, 0.717) is 57.0 Å². The molecule has 1 fully saturated rings. The lowest BCUT2D eigenvalue weighted by Crippen LogP contribution is -2.43. The summed E-state index contributed by atoms with van der Waals surface area (Å²) < 4.78 is 50.1. The highest BCUT2D eigenvalue weighted by atomic mass is 19.4. The van der Waals surface area contributed by atoms with Gasteiger partial charge in [-0.2, -0.15) is 13.2 Å². The Morgan fingerprint density at radius 3 is 2.69 bits per heavy atom. The average molecular weight is 583 g/mol. The molecule has 1 N–H and O–H groups in total. The number of hydrogen-bond donors (Lipinski definition) is 1. The molecule has 2 aromatic heterocycles. The minimum atomic E-state index is -4.40. The minimum absolute atomic E-state index is 0.153. The zero-order valence-corrected chi connectivity index (χ0v) is 23.3. The van der Waals surface area contributed by atoms with Crippen LogP contribution in [0.5, 0.6) is 0 Å². The number of likely N-dealkylation sites (tertiary alicyclic amines) is 1. The quantitative estimate of drug-likeness (QED) is 0.237. The van der Waals surface area contributed by atoms with Gasteiger partial charge in [0.15, 0.2) is 5.69 Å². The van der Waals surface area contributed by atoms with Crippen molar-refractivity contribution in [3.05, 3.63) is 89.3 Å². The maximum atomic E-state index is 13.2. The van der Waals surface area contributed by atoms with E-state index in [9.17, 15) is 22.8 Å². The van der Waals surface area contributed by atoms with Crippen molar-refractivity contribution in [2.24, 2.45) is 5.92 Å². The Bertz CT molecular complexity index is 1510. The lowest BCUT2D eigenvalue weighted by molar-refractivity contribution is -0.149. The Morgan fingerprint density at radius 2 is 1.93 bits per heavy atom. The van der Waals surface area contributed by atoms with E-state index in [-0.39, 0.29) is 36.6 Å². The summed E-state index contributed by atoms with van der Waals surface area (Å²) in [6, 6.07) is 13.1. The molecule has 42 heavy (non-hydrogen) atoms. The fourth-order valence-corrected chi connectivity index (χ4v) is 5.34. The Kier molecular flexibility index (Phi) is 8.96. The minimum Gasteiger partial charge on any atom is -0.466 e. The number of carbonyl (C=O) groups is 2. The molecule has 5 rings (SSSR count). The third-order valence-corrected chi connectivity index (χ3v) is 7.52. The number of para-hydroxylation sites is 1. The van der Waals surface area contributed by atoms with Gasteiger partial charge in [0.05, 0.1) is 24.6 Å². The first-order valence-electron chi connectivity index (χ1n) is 14.0. The van der Waals surface area contributed by atoms with Crippen LogP contribution in [0.2, 0.25) is 0 Å². The van der Waals surface area contributed by atoms with Crippen molar-refractivity contribution < 1.29 is 31.9 Å². The first-order valence-corrected chi connectivity index (χ1v) is 14.0. The number of hydrogen-bond acceptors (Lipinski definition) is 6. The van der Waals surface area contributed by atoms with Crippen LogP contribution in [0.3, 0.4) is 0 Å². The molecular weight excluding hydrogens is 549 g/mol. The maximum absolute atomic E-state index is 13.2. The number of H-pyrrole nitrogens is 1. The predicted molar refractivity (Wildman–Crippen MR) is 149 cm³/mol. The summed E-state index contributed by atoms with van der Waals surface area (Å²) >= 11 is 0. The summed E-state index contributed by atoms with van der Waals surface area (Å²) in [5.74, 6) is -0.655. The third-order valence-electron chi connectivity index (χ3n) is 7.52. The second-order valence-corrected chi connectivity index (χ2v) is 10.5.